The lowest BCUT2D eigenvalue weighted by Crippen LogP contribution is -2.23. The van der Waals surface area contributed by atoms with Gasteiger partial charge in [0.15, 0.2) is 0 Å². The van der Waals surface area contributed by atoms with Gasteiger partial charge in [-0.1, -0.05) is 25.1 Å². The zero-order valence-electron chi connectivity index (χ0n) is 11.9. The summed E-state index contributed by atoms with van der Waals surface area (Å²) < 4.78 is 0. The van der Waals surface area contributed by atoms with Crippen LogP contribution >= 0.6 is 0 Å². The molecule has 0 aliphatic heterocycles. The summed E-state index contributed by atoms with van der Waals surface area (Å²) in [6.45, 7) is 2.08. The minimum absolute atomic E-state index is 0.286. The maximum Gasteiger partial charge on any atom is 0.242 e. The van der Waals surface area contributed by atoms with E-state index in [9.17, 15) is 10.1 Å². The molecule has 1 unspecified atom stereocenters. The summed E-state index contributed by atoms with van der Waals surface area (Å²) in [5, 5.41) is 12.0. The minimum Gasteiger partial charge on any atom is -0.325 e. The lowest BCUT2D eigenvalue weighted by molar-refractivity contribution is -0.118. The number of aryl methyl sites for hydroxylation is 1. The summed E-state index contributed by atoms with van der Waals surface area (Å²) in [4.78, 5) is 16.1. The Morgan fingerprint density at radius 3 is 2.62 bits per heavy atom. The fourth-order valence-corrected chi connectivity index (χ4v) is 2.00. The van der Waals surface area contributed by atoms with E-state index in [1.807, 2.05) is 30.3 Å². The zero-order valence-corrected chi connectivity index (χ0v) is 11.9. The summed E-state index contributed by atoms with van der Waals surface area (Å²) in [7, 11) is 0. The maximum atomic E-state index is 12.1. The highest BCUT2D eigenvalue weighted by Gasteiger charge is 2.18. The van der Waals surface area contributed by atoms with Crippen molar-refractivity contribution >= 4 is 11.6 Å². The number of benzene rings is 1. The van der Waals surface area contributed by atoms with Crippen LogP contribution in [-0.4, -0.2) is 10.9 Å². The largest absolute Gasteiger partial charge is 0.325 e. The Morgan fingerprint density at radius 2 is 2.05 bits per heavy atom. The van der Waals surface area contributed by atoms with Crippen LogP contribution in [0.3, 0.4) is 0 Å². The van der Waals surface area contributed by atoms with E-state index in [1.54, 1.807) is 18.5 Å². The highest BCUT2D eigenvalue weighted by Crippen LogP contribution is 2.13. The van der Waals surface area contributed by atoms with Crippen LogP contribution in [-0.2, 0) is 17.6 Å². The van der Waals surface area contributed by atoms with Gasteiger partial charge in [0.1, 0.15) is 5.92 Å². The second kappa shape index (κ2) is 7.20. The molecule has 1 aromatic carbocycles. The van der Waals surface area contributed by atoms with E-state index in [-0.39, 0.29) is 5.91 Å². The van der Waals surface area contributed by atoms with Gasteiger partial charge in [-0.2, -0.15) is 5.26 Å². The number of rotatable bonds is 5. The summed E-state index contributed by atoms with van der Waals surface area (Å²) in [6.07, 6.45) is 4.66. The van der Waals surface area contributed by atoms with Crippen molar-refractivity contribution in [1.82, 2.24) is 4.98 Å². The van der Waals surface area contributed by atoms with Crippen LogP contribution < -0.4 is 5.32 Å². The molecule has 0 fully saturated rings. The first-order valence-corrected chi connectivity index (χ1v) is 6.91. The van der Waals surface area contributed by atoms with E-state index in [1.165, 1.54) is 5.56 Å². The molecule has 1 atom stereocenters. The number of hydrogen-bond donors (Lipinski definition) is 1. The van der Waals surface area contributed by atoms with Crippen molar-refractivity contribution in [1.29, 1.82) is 5.26 Å². The molecule has 0 saturated carbocycles. The summed E-state index contributed by atoms with van der Waals surface area (Å²) in [6, 6.07) is 13.4. The van der Waals surface area contributed by atoms with Crippen molar-refractivity contribution < 1.29 is 4.79 Å². The second-order valence-electron chi connectivity index (χ2n) is 4.79. The van der Waals surface area contributed by atoms with Gasteiger partial charge in [0.2, 0.25) is 5.91 Å². The predicted molar refractivity (Wildman–Crippen MR) is 81.5 cm³/mol. The van der Waals surface area contributed by atoms with Gasteiger partial charge in [0, 0.05) is 18.1 Å². The normalized spacial score (nSPS) is 11.4. The van der Waals surface area contributed by atoms with Gasteiger partial charge in [-0.15, -0.1) is 0 Å². The molecule has 106 valence electrons. The predicted octanol–water partition coefficient (Wildman–Crippen LogP) is 2.96. The molecular weight excluding hydrogens is 262 g/mol. The number of nitrogens with zero attached hydrogens (tertiary/aromatic N) is 2. The molecule has 1 N–H and O–H groups in total. The molecule has 4 nitrogen and oxygen atoms in total. The molecule has 0 spiro atoms. The topological polar surface area (TPSA) is 65.8 Å². The first-order chi connectivity index (χ1) is 10.2. The van der Waals surface area contributed by atoms with Crippen molar-refractivity contribution in [3.05, 3.63) is 59.9 Å². The Labute approximate surface area is 124 Å². The van der Waals surface area contributed by atoms with E-state index in [2.05, 4.69) is 23.3 Å². The van der Waals surface area contributed by atoms with Crippen molar-refractivity contribution in [2.24, 2.45) is 5.92 Å². The highest BCUT2D eigenvalue weighted by atomic mass is 16.1. The van der Waals surface area contributed by atoms with Gasteiger partial charge in [0.05, 0.1) is 6.07 Å². The number of carbonyl (C=O) groups is 1. The van der Waals surface area contributed by atoms with Gasteiger partial charge >= 0.3 is 0 Å². The fourth-order valence-electron chi connectivity index (χ4n) is 2.00. The van der Waals surface area contributed by atoms with E-state index in [0.29, 0.717) is 12.1 Å². The lowest BCUT2D eigenvalue weighted by Gasteiger charge is -2.10. The average molecular weight is 279 g/mol. The molecule has 2 aromatic rings. The number of amides is 1. The first-order valence-electron chi connectivity index (χ1n) is 6.91. The third-order valence-corrected chi connectivity index (χ3v) is 3.26. The Balaban J connectivity index is 2.01. The monoisotopic (exact) mass is 279 g/mol. The number of nitrogens with one attached hydrogen (secondary N) is 1. The molecule has 1 aromatic heterocycles. The Bertz CT molecular complexity index is 629. The molecule has 0 saturated heterocycles. The molecule has 4 heteroatoms. The van der Waals surface area contributed by atoms with E-state index < -0.39 is 5.92 Å². The molecule has 1 amide bonds. The van der Waals surface area contributed by atoms with Crippen LogP contribution in [0.15, 0.2) is 48.8 Å². The van der Waals surface area contributed by atoms with E-state index in [4.69, 9.17) is 0 Å². The number of carbonyl (C=O) groups excluding carboxylic acids is 1. The summed E-state index contributed by atoms with van der Waals surface area (Å²) >= 11 is 0. The van der Waals surface area contributed by atoms with Crippen molar-refractivity contribution in [3.8, 4) is 6.07 Å². The van der Waals surface area contributed by atoms with Gasteiger partial charge in [-0.25, -0.2) is 0 Å². The lowest BCUT2D eigenvalue weighted by atomic mass is 10.0. The van der Waals surface area contributed by atoms with Crippen molar-refractivity contribution in [2.45, 2.75) is 19.8 Å². The van der Waals surface area contributed by atoms with Crippen molar-refractivity contribution in [3.63, 3.8) is 0 Å². The minimum atomic E-state index is -0.722. The standard InChI is InChI=1S/C17H17N3O/c1-2-13-5-7-16(8-6-13)20-17(21)15(11-18)10-14-4-3-9-19-12-14/h3-9,12,15H,2,10H2,1H3,(H,20,21). The zero-order chi connectivity index (χ0) is 15.1. The molecular formula is C17H17N3O. The molecule has 2 rings (SSSR count). The highest BCUT2D eigenvalue weighted by molar-refractivity contribution is 5.94. The fraction of sp³-hybridized carbons (Fsp3) is 0.235. The maximum absolute atomic E-state index is 12.1. The SMILES string of the molecule is CCc1ccc(NC(=O)C(C#N)Cc2cccnc2)cc1. The molecule has 0 aliphatic rings. The van der Waals surface area contributed by atoms with Crippen LogP contribution in [0.25, 0.3) is 0 Å². The van der Waals surface area contributed by atoms with Crippen LogP contribution in [0, 0.1) is 17.2 Å². The van der Waals surface area contributed by atoms with E-state index >= 15 is 0 Å². The van der Waals surface area contributed by atoms with Crippen LogP contribution in [0.2, 0.25) is 0 Å². The molecule has 0 aliphatic carbocycles. The molecule has 1 heterocycles. The first kappa shape index (κ1) is 14.7. The molecule has 21 heavy (non-hydrogen) atoms. The van der Waals surface area contributed by atoms with Gasteiger partial charge in [-0.05, 0) is 42.2 Å². The van der Waals surface area contributed by atoms with Gasteiger partial charge < -0.3 is 5.32 Å². The Morgan fingerprint density at radius 1 is 1.29 bits per heavy atom. The third-order valence-electron chi connectivity index (χ3n) is 3.26. The Kier molecular flexibility index (Phi) is 5.05. The number of nitriles is 1. The summed E-state index contributed by atoms with van der Waals surface area (Å²) in [5.74, 6) is -1.01. The molecule has 0 radical (unpaired) electrons. The number of aromatic nitrogens is 1. The van der Waals surface area contributed by atoms with Gasteiger partial charge in [0.25, 0.3) is 0 Å². The smallest absolute Gasteiger partial charge is 0.242 e. The van der Waals surface area contributed by atoms with Crippen molar-refractivity contribution in [2.75, 3.05) is 5.32 Å². The van der Waals surface area contributed by atoms with Crippen LogP contribution in [0.4, 0.5) is 5.69 Å². The average Bonchev–Trinajstić information content (AvgIpc) is 2.54. The third kappa shape index (κ3) is 4.15. The van der Waals surface area contributed by atoms with Crippen LogP contribution in [0.1, 0.15) is 18.1 Å². The van der Waals surface area contributed by atoms with E-state index in [0.717, 1.165) is 12.0 Å². The van der Waals surface area contributed by atoms with Crippen LogP contribution in [0.5, 0.6) is 0 Å². The van der Waals surface area contributed by atoms with Gasteiger partial charge in [-0.3, -0.25) is 9.78 Å². The Hall–Kier alpha value is -2.67. The second-order valence-corrected chi connectivity index (χ2v) is 4.79. The number of pyridine rings is 1. The summed E-state index contributed by atoms with van der Waals surface area (Å²) in [5.41, 5.74) is 2.80. The number of hydrogen-bond acceptors (Lipinski definition) is 3. The molecule has 0 bridgehead atoms. The number of anilines is 1. The quantitative estimate of drug-likeness (QED) is 0.915.